The highest BCUT2D eigenvalue weighted by molar-refractivity contribution is 7.90. The van der Waals surface area contributed by atoms with E-state index in [1.54, 1.807) is 6.07 Å². The minimum absolute atomic E-state index is 0.182. The molecule has 0 bridgehead atoms. The van der Waals surface area contributed by atoms with Crippen LogP contribution in [0.25, 0.3) is 43.9 Å². The minimum Gasteiger partial charge on any atom is -0.368 e. The van der Waals surface area contributed by atoms with Crippen molar-refractivity contribution >= 4 is 92.9 Å². The van der Waals surface area contributed by atoms with Gasteiger partial charge in [-0.15, -0.1) is 0 Å². The van der Waals surface area contributed by atoms with Gasteiger partial charge in [-0.3, -0.25) is 19.8 Å². The zero-order valence-electron chi connectivity index (χ0n) is 43.2. The Morgan fingerprint density at radius 3 is 1.63 bits per heavy atom. The van der Waals surface area contributed by atoms with E-state index in [4.69, 9.17) is 27.3 Å². The number of fused-ring (bicyclic) bond motifs is 8. The van der Waals surface area contributed by atoms with E-state index in [2.05, 4.69) is 80.1 Å². The lowest BCUT2D eigenvalue weighted by molar-refractivity contribution is 0.266. The molecule has 4 aliphatic rings. The number of nitrogens with one attached hydrogen (secondary N) is 1. The summed E-state index contributed by atoms with van der Waals surface area (Å²) in [5.41, 5.74) is 14.3. The van der Waals surface area contributed by atoms with Crippen molar-refractivity contribution in [3.8, 4) is 0 Å². The van der Waals surface area contributed by atoms with Crippen molar-refractivity contribution in [2.75, 3.05) is 61.2 Å². The zero-order chi connectivity index (χ0) is 52.4. The third kappa shape index (κ3) is 12.5. The van der Waals surface area contributed by atoms with Crippen LogP contribution in [0, 0.1) is 11.8 Å². The van der Waals surface area contributed by atoms with Crippen molar-refractivity contribution in [1.29, 1.82) is 0 Å². The smallest absolute Gasteiger partial charge is 0.230 e. The average Bonchev–Trinajstić information content (AvgIpc) is 3.89. The summed E-state index contributed by atoms with van der Waals surface area (Å²) in [6.07, 6.45) is 25.2. The molecule has 75 heavy (non-hydrogen) atoms. The standard InChI is InChI=1S/C27H33N7O2S.C16H19N5.C11H15ClN2O2S/c1-18-3-6-20(7-4-18)34-24-16-28-11-9-21(24)22-15-29-27(32-26(22)34)31-25-8-5-19-17-33(12-10-23(19)30-25)13-14-37(2,35)36;1-10-2-4-11(5-3-10)21-14-9-18-7-6-12(14)13-8-19-16(17)20-15(13)21;1-17(15,16)7-6-14-5-4-10-9(8-14)2-3-11(12)13-10/h5,8-9,11,15-16,18,20H,3-4,6-7,10,12-14,17H2,1-2H3,(H,29,30,31,32);6-11H,2-5H2,1H3,(H2,17,19,20);2-3H,4-8H2,1H3. The number of nitrogen functional groups attached to an aromatic ring is 1. The first-order chi connectivity index (χ1) is 36.0. The van der Waals surface area contributed by atoms with Crippen molar-refractivity contribution in [2.45, 2.75) is 103 Å². The summed E-state index contributed by atoms with van der Waals surface area (Å²) >= 11 is 5.83. The maximum atomic E-state index is 11.5. The van der Waals surface area contributed by atoms with Crippen LogP contribution >= 0.6 is 11.6 Å². The fourth-order valence-corrected chi connectivity index (χ4v) is 12.6. The molecule has 0 radical (unpaired) electrons. The Kier molecular flexibility index (Phi) is 15.6. The molecule has 0 spiro atoms. The fraction of sp³-hybridized carbons (Fsp3) is 0.481. The highest BCUT2D eigenvalue weighted by atomic mass is 35.5. The van der Waals surface area contributed by atoms with Crippen LogP contribution in [0.4, 0.5) is 17.7 Å². The first-order valence-electron chi connectivity index (χ1n) is 26.2. The number of anilines is 3. The fourth-order valence-electron chi connectivity index (χ4n) is 11.2. The van der Waals surface area contributed by atoms with Crippen LogP contribution in [0.5, 0.6) is 0 Å². The van der Waals surface area contributed by atoms with Gasteiger partial charge in [0.2, 0.25) is 11.9 Å². The van der Waals surface area contributed by atoms with Crippen molar-refractivity contribution in [1.82, 2.24) is 58.8 Å². The van der Waals surface area contributed by atoms with Crippen molar-refractivity contribution in [3.63, 3.8) is 0 Å². The average molecular weight is 1080 g/mol. The highest BCUT2D eigenvalue weighted by Crippen LogP contribution is 2.40. The second-order valence-corrected chi connectivity index (χ2v) is 26.1. The number of hydrogen-bond acceptors (Lipinski definition) is 16. The number of rotatable bonds is 10. The molecule has 21 heteroatoms. The molecular weight excluding hydrogens is 1010 g/mol. The van der Waals surface area contributed by atoms with Crippen LogP contribution in [0.3, 0.4) is 0 Å². The maximum Gasteiger partial charge on any atom is 0.230 e. The van der Waals surface area contributed by atoms with Crippen LogP contribution in [0.1, 0.15) is 99.8 Å². The summed E-state index contributed by atoms with van der Waals surface area (Å²) in [6, 6.07) is 12.8. The van der Waals surface area contributed by atoms with Gasteiger partial charge in [0.25, 0.3) is 0 Å². The summed E-state index contributed by atoms with van der Waals surface area (Å²) in [7, 11) is -5.85. The summed E-state index contributed by atoms with van der Waals surface area (Å²) < 4.78 is 50.0. The molecule has 0 atom stereocenters. The predicted molar refractivity (Wildman–Crippen MR) is 298 cm³/mol. The first-order valence-corrected chi connectivity index (χ1v) is 30.7. The molecule has 0 aromatic carbocycles. The molecule has 396 valence electrons. The molecule has 8 aromatic rings. The van der Waals surface area contributed by atoms with Gasteiger partial charge in [-0.1, -0.05) is 37.6 Å². The Morgan fingerprint density at radius 1 is 0.600 bits per heavy atom. The number of hydrogen-bond donors (Lipinski definition) is 2. The van der Waals surface area contributed by atoms with Gasteiger partial charge in [0.05, 0.1) is 34.9 Å². The molecule has 10 heterocycles. The number of sulfone groups is 2. The third-order valence-corrected chi connectivity index (χ3v) is 17.5. The lowest BCUT2D eigenvalue weighted by Gasteiger charge is -2.28. The normalized spacial score (nSPS) is 20.5. The molecule has 0 unspecified atom stereocenters. The van der Waals surface area contributed by atoms with Crippen LogP contribution in [-0.4, -0.2) is 126 Å². The van der Waals surface area contributed by atoms with Gasteiger partial charge in [0.1, 0.15) is 41.9 Å². The Bertz CT molecular complexity index is 3580. The van der Waals surface area contributed by atoms with Crippen LogP contribution in [0.2, 0.25) is 5.15 Å². The molecule has 2 fully saturated rings. The van der Waals surface area contributed by atoms with E-state index in [9.17, 15) is 16.8 Å². The molecule has 3 N–H and O–H groups in total. The lowest BCUT2D eigenvalue weighted by atomic mass is 9.87. The molecule has 2 aliphatic carbocycles. The topological polar surface area (TPSA) is 226 Å². The summed E-state index contributed by atoms with van der Waals surface area (Å²) in [4.78, 5) is 40.4. The van der Waals surface area contributed by atoms with E-state index in [0.717, 1.165) is 131 Å². The van der Waals surface area contributed by atoms with E-state index < -0.39 is 19.7 Å². The summed E-state index contributed by atoms with van der Waals surface area (Å²) in [6.45, 7) is 8.93. The maximum absolute atomic E-state index is 11.5. The molecule has 8 aromatic heterocycles. The third-order valence-electron chi connectivity index (χ3n) is 15.4. The number of pyridine rings is 4. The Morgan fingerprint density at radius 2 is 1.09 bits per heavy atom. The monoisotopic (exact) mass is 1070 g/mol. The van der Waals surface area contributed by atoms with Crippen LogP contribution in [-0.2, 0) is 45.6 Å². The molecule has 0 saturated heterocycles. The van der Waals surface area contributed by atoms with Gasteiger partial charge in [-0.05, 0) is 98.6 Å². The second-order valence-electron chi connectivity index (χ2n) is 21.2. The Balaban J connectivity index is 0.000000142. The van der Waals surface area contributed by atoms with Gasteiger partial charge in [0, 0.05) is 134 Å². The zero-order valence-corrected chi connectivity index (χ0v) is 45.6. The van der Waals surface area contributed by atoms with Gasteiger partial charge < -0.3 is 20.2 Å². The Hall–Kier alpha value is -5.93. The number of halogens is 1. The molecule has 0 amide bonds. The number of nitrogens with two attached hydrogens (primary N) is 1. The van der Waals surface area contributed by atoms with Gasteiger partial charge in [-0.25, -0.2) is 36.8 Å². The molecule has 12 rings (SSSR count). The van der Waals surface area contributed by atoms with Crippen LogP contribution in [0.15, 0.2) is 73.6 Å². The Labute approximate surface area is 443 Å². The molecule has 18 nitrogen and oxygen atoms in total. The highest BCUT2D eigenvalue weighted by Gasteiger charge is 2.27. The van der Waals surface area contributed by atoms with Crippen LogP contribution < -0.4 is 11.1 Å². The van der Waals surface area contributed by atoms with E-state index in [0.29, 0.717) is 42.2 Å². The first kappa shape index (κ1) is 52.5. The molecule has 2 aliphatic heterocycles. The van der Waals surface area contributed by atoms with Gasteiger partial charge in [-0.2, -0.15) is 9.97 Å². The van der Waals surface area contributed by atoms with E-state index in [1.165, 1.54) is 56.4 Å². The summed E-state index contributed by atoms with van der Waals surface area (Å²) in [5.74, 6) is 3.59. The largest absolute Gasteiger partial charge is 0.368 e. The van der Waals surface area contributed by atoms with E-state index in [-0.39, 0.29) is 11.5 Å². The SMILES string of the molecule is CC1CCC(n2c3cnccc3c3cnc(N)nc32)CC1.CC1CCC(n2c3cnccc3c3cnc(Nc4ccc5c(n4)CCN(CCS(C)(=O)=O)C5)nc32)CC1.CS(=O)(=O)CCN1CCc2nc(Cl)ccc2C1. The number of aromatic nitrogens is 10. The van der Waals surface area contributed by atoms with Crippen molar-refractivity contribution in [3.05, 3.63) is 101 Å². The van der Waals surface area contributed by atoms with Crippen molar-refractivity contribution in [2.24, 2.45) is 11.8 Å². The summed E-state index contributed by atoms with van der Waals surface area (Å²) in [5, 5.41) is 8.28. The van der Waals surface area contributed by atoms with Gasteiger partial charge >= 0.3 is 0 Å². The van der Waals surface area contributed by atoms with E-state index >= 15 is 0 Å². The minimum atomic E-state index is -2.97. The van der Waals surface area contributed by atoms with Gasteiger partial charge in [0.15, 0.2) is 0 Å². The quantitative estimate of drug-likeness (QED) is 0.122. The van der Waals surface area contributed by atoms with Crippen molar-refractivity contribution < 1.29 is 16.8 Å². The second kappa shape index (κ2) is 22.3. The number of nitrogens with zero attached hydrogens (tertiary/aromatic N) is 12. The predicted octanol–water partition coefficient (Wildman–Crippen LogP) is 8.72. The van der Waals surface area contributed by atoms with E-state index in [1.807, 2.05) is 55.4 Å². The molecule has 2 saturated carbocycles. The molecular formula is C54H67ClN14O4S2. The lowest BCUT2D eigenvalue weighted by Crippen LogP contribution is -2.34.